The Bertz CT molecular complexity index is 480. The minimum atomic E-state index is -0.516. The van der Waals surface area contributed by atoms with Crippen LogP contribution in [-0.4, -0.2) is 16.8 Å². The van der Waals surface area contributed by atoms with E-state index in [-0.39, 0.29) is 6.04 Å². The molecule has 0 bridgehead atoms. The van der Waals surface area contributed by atoms with Gasteiger partial charge in [0.25, 0.3) is 0 Å². The number of carbonyl (C=O) groups excluding carboxylic acids is 1. The number of aromatic hydroxyl groups is 1. The Morgan fingerprint density at radius 3 is 2.84 bits per heavy atom. The first-order valence-corrected chi connectivity index (χ1v) is 6.42. The summed E-state index contributed by atoms with van der Waals surface area (Å²) in [6.07, 6.45) is 1.14. The molecule has 1 amide bonds. The number of hydrogen-bond donors (Lipinski definition) is 3. The number of phenolic OH excluding ortho intramolecular Hbond substituents is 1. The molecule has 1 aliphatic rings. The Kier molecular flexibility index (Phi) is 3.66. The van der Waals surface area contributed by atoms with Crippen LogP contribution in [0.25, 0.3) is 0 Å². The van der Waals surface area contributed by atoms with Crippen molar-refractivity contribution in [3.05, 3.63) is 29.3 Å². The van der Waals surface area contributed by atoms with Crippen LogP contribution in [0.1, 0.15) is 44.4 Å². The van der Waals surface area contributed by atoms with E-state index in [9.17, 15) is 9.90 Å². The van der Waals surface area contributed by atoms with E-state index in [4.69, 9.17) is 4.74 Å². The normalized spacial score (nSPS) is 17.9. The van der Waals surface area contributed by atoms with Crippen molar-refractivity contribution in [3.8, 4) is 5.75 Å². The highest BCUT2D eigenvalue weighted by Crippen LogP contribution is 2.35. The van der Waals surface area contributed by atoms with Gasteiger partial charge >= 0.3 is 6.09 Å². The summed E-state index contributed by atoms with van der Waals surface area (Å²) in [5, 5.41) is 9.74. The Morgan fingerprint density at radius 1 is 1.42 bits per heavy atom. The molecule has 0 spiro atoms. The fraction of sp³-hybridized carbons (Fsp3) is 0.500. The van der Waals surface area contributed by atoms with E-state index in [1.54, 1.807) is 6.07 Å². The van der Waals surface area contributed by atoms with E-state index in [1.807, 2.05) is 32.9 Å². The van der Waals surface area contributed by atoms with Gasteiger partial charge in [-0.05, 0) is 50.8 Å². The van der Waals surface area contributed by atoms with Gasteiger partial charge in [0.15, 0.2) is 0 Å². The van der Waals surface area contributed by atoms with Crippen LogP contribution < -0.4 is 10.9 Å². The largest absolute Gasteiger partial charge is 0.508 e. The molecule has 0 aliphatic heterocycles. The van der Waals surface area contributed by atoms with Crippen LogP contribution in [0.2, 0.25) is 0 Å². The lowest BCUT2D eigenvalue weighted by molar-refractivity contribution is 0.0487. The molecule has 1 aliphatic carbocycles. The van der Waals surface area contributed by atoms with Crippen LogP contribution >= 0.6 is 0 Å². The molecular weight excluding hydrogens is 244 g/mol. The zero-order valence-electron chi connectivity index (χ0n) is 11.5. The molecule has 5 heteroatoms. The molecule has 0 radical (unpaired) electrons. The van der Waals surface area contributed by atoms with Crippen LogP contribution in [0.4, 0.5) is 4.79 Å². The number of benzene rings is 1. The van der Waals surface area contributed by atoms with Crippen molar-refractivity contribution in [1.82, 2.24) is 10.9 Å². The van der Waals surface area contributed by atoms with Gasteiger partial charge in [-0.25, -0.2) is 10.2 Å². The van der Waals surface area contributed by atoms with Crippen LogP contribution in [0.5, 0.6) is 5.75 Å². The maximum Gasteiger partial charge on any atom is 0.422 e. The highest BCUT2D eigenvalue weighted by molar-refractivity contribution is 5.67. The predicted molar refractivity (Wildman–Crippen MR) is 71.7 cm³/mol. The topological polar surface area (TPSA) is 70.6 Å². The van der Waals surface area contributed by atoms with Gasteiger partial charge in [-0.1, -0.05) is 12.1 Å². The highest BCUT2D eigenvalue weighted by Gasteiger charge is 2.25. The number of amides is 1. The summed E-state index contributed by atoms with van der Waals surface area (Å²) in [6, 6.07) is 5.45. The summed E-state index contributed by atoms with van der Waals surface area (Å²) in [4.78, 5) is 11.5. The summed E-state index contributed by atoms with van der Waals surface area (Å²) in [7, 11) is 0. The molecule has 104 valence electrons. The maximum absolute atomic E-state index is 11.5. The molecule has 5 nitrogen and oxygen atoms in total. The lowest BCUT2D eigenvalue weighted by Crippen LogP contribution is -2.42. The fourth-order valence-electron chi connectivity index (χ4n) is 2.23. The minimum Gasteiger partial charge on any atom is -0.508 e. The number of carbonyl (C=O) groups is 1. The minimum absolute atomic E-state index is 0.00891. The van der Waals surface area contributed by atoms with Crippen LogP contribution in [0, 0.1) is 0 Å². The number of hydrazine groups is 1. The average Bonchev–Trinajstić information content (AvgIpc) is 2.69. The summed E-state index contributed by atoms with van der Waals surface area (Å²) in [5.41, 5.74) is 6.96. The number of phenols is 1. The van der Waals surface area contributed by atoms with Gasteiger partial charge in [-0.2, -0.15) is 0 Å². The van der Waals surface area contributed by atoms with Crippen molar-refractivity contribution in [2.45, 2.75) is 45.3 Å². The predicted octanol–water partition coefficient (Wildman–Crippen LogP) is 2.41. The average molecular weight is 264 g/mol. The monoisotopic (exact) mass is 264 g/mol. The summed E-state index contributed by atoms with van der Waals surface area (Å²) in [5.74, 6) is 0.319. The van der Waals surface area contributed by atoms with Crippen molar-refractivity contribution in [3.63, 3.8) is 0 Å². The SMILES string of the molecule is CC(C)(C)OC(=O)NNC1CCc2c(O)cccc21. The van der Waals surface area contributed by atoms with Crippen molar-refractivity contribution >= 4 is 6.09 Å². The van der Waals surface area contributed by atoms with Crippen molar-refractivity contribution in [2.24, 2.45) is 0 Å². The zero-order chi connectivity index (χ0) is 14.0. The molecule has 1 aromatic carbocycles. The lowest BCUT2D eigenvalue weighted by atomic mass is 10.1. The Hall–Kier alpha value is -1.75. The van der Waals surface area contributed by atoms with Gasteiger partial charge < -0.3 is 9.84 Å². The second-order valence-corrected chi connectivity index (χ2v) is 5.71. The molecule has 3 N–H and O–H groups in total. The summed E-state index contributed by atoms with van der Waals surface area (Å²) in [6.45, 7) is 5.44. The van der Waals surface area contributed by atoms with Gasteiger partial charge in [-0.15, -0.1) is 0 Å². The molecule has 0 saturated heterocycles. The first-order valence-electron chi connectivity index (χ1n) is 6.42. The number of hydrogen-bond acceptors (Lipinski definition) is 4. The quantitative estimate of drug-likeness (QED) is 0.717. The lowest BCUT2D eigenvalue weighted by Gasteiger charge is -2.21. The maximum atomic E-state index is 11.5. The first kappa shape index (κ1) is 13.7. The van der Waals surface area contributed by atoms with Crippen LogP contribution in [-0.2, 0) is 11.2 Å². The summed E-state index contributed by atoms with van der Waals surface area (Å²) < 4.78 is 5.15. The van der Waals surface area contributed by atoms with Gasteiger partial charge in [0.2, 0.25) is 0 Å². The molecule has 1 atom stereocenters. The van der Waals surface area contributed by atoms with Gasteiger partial charge in [0.1, 0.15) is 11.4 Å². The standard InChI is InChI=1S/C14H20N2O3/c1-14(2,3)19-13(18)16-15-11-8-7-10-9(11)5-4-6-12(10)17/h4-6,11,15,17H,7-8H2,1-3H3,(H,16,18). The van der Waals surface area contributed by atoms with Crippen LogP contribution in [0.15, 0.2) is 18.2 Å². The molecule has 19 heavy (non-hydrogen) atoms. The molecule has 0 aromatic heterocycles. The van der Waals surface area contributed by atoms with Crippen molar-refractivity contribution in [2.75, 3.05) is 0 Å². The van der Waals surface area contributed by atoms with Crippen molar-refractivity contribution < 1.29 is 14.6 Å². The van der Waals surface area contributed by atoms with Gasteiger partial charge in [0.05, 0.1) is 6.04 Å². The zero-order valence-corrected chi connectivity index (χ0v) is 11.5. The fourth-order valence-corrected chi connectivity index (χ4v) is 2.23. The van der Waals surface area contributed by atoms with E-state index < -0.39 is 11.7 Å². The molecule has 1 aromatic rings. The molecule has 0 heterocycles. The second kappa shape index (κ2) is 5.09. The van der Waals surface area contributed by atoms with Gasteiger partial charge in [0, 0.05) is 0 Å². The van der Waals surface area contributed by atoms with E-state index in [1.165, 1.54) is 0 Å². The third-order valence-electron chi connectivity index (χ3n) is 2.99. The van der Waals surface area contributed by atoms with E-state index >= 15 is 0 Å². The van der Waals surface area contributed by atoms with E-state index in [2.05, 4.69) is 10.9 Å². The Labute approximate surface area is 112 Å². The number of nitrogens with one attached hydrogen (secondary N) is 2. The Balaban J connectivity index is 1.93. The molecule has 0 saturated carbocycles. The highest BCUT2D eigenvalue weighted by atomic mass is 16.6. The molecule has 2 rings (SSSR count). The smallest absolute Gasteiger partial charge is 0.422 e. The van der Waals surface area contributed by atoms with E-state index in [0.717, 1.165) is 24.0 Å². The molecule has 1 unspecified atom stereocenters. The molecule has 0 fully saturated rings. The third kappa shape index (κ3) is 3.38. The van der Waals surface area contributed by atoms with E-state index in [0.29, 0.717) is 5.75 Å². The van der Waals surface area contributed by atoms with Crippen molar-refractivity contribution in [1.29, 1.82) is 0 Å². The first-order chi connectivity index (χ1) is 8.87. The summed E-state index contributed by atoms with van der Waals surface area (Å²) >= 11 is 0. The molecular formula is C14H20N2O3. The third-order valence-corrected chi connectivity index (χ3v) is 2.99. The number of fused-ring (bicyclic) bond motifs is 1. The second-order valence-electron chi connectivity index (χ2n) is 5.71. The Morgan fingerprint density at radius 2 is 2.16 bits per heavy atom. The van der Waals surface area contributed by atoms with Gasteiger partial charge in [-0.3, -0.25) is 5.43 Å². The number of rotatable bonds is 2. The number of ether oxygens (including phenoxy) is 1. The van der Waals surface area contributed by atoms with Crippen LogP contribution in [0.3, 0.4) is 0 Å².